The van der Waals surface area contributed by atoms with Crippen molar-refractivity contribution in [2.75, 3.05) is 33.3 Å². The third-order valence-electron chi connectivity index (χ3n) is 2.76. The monoisotopic (exact) mass is 200 g/mol. The SMILES string of the molecule is CCC[C@H](C)NC[C@H]1CN(C)CCO1. The fourth-order valence-electron chi connectivity index (χ4n) is 1.86. The van der Waals surface area contributed by atoms with Gasteiger partial charge in [0.2, 0.25) is 0 Å². The number of ether oxygens (including phenoxy) is 1. The Hall–Kier alpha value is -0.120. The van der Waals surface area contributed by atoms with E-state index in [2.05, 4.69) is 31.1 Å². The Balaban J connectivity index is 2.10. The number of likely N-dealkylation sites (N-methyl/N-ethyl adjacent to an activating group) is 1. The van der Waals surface area contributed by atoms with Gasteiger partial charge in [0, 0.05) is 25.7 Å². The van der Waals surface area contributed by atoms with Gasteiger partial charge in [0.25, 0.3) is 0 Å². The summed E-state index contributed by atoms with van der Waals surface area (Å²) < 4.78 is 5.67. The van der Waals surface area contributed by atoms with E-state index < -0.39 is 0 Å². The summed E-state index contributed by atoms with van der Waals surface area (Å²) in [5.41, 5.74) is 0. The molecule has 1 saturated heterocycles. The standard InChI is InChI=1S/C11H24N2O/c1-4-5-10(2)12-8-11-9-13(3)6-7-14-11/h10-12H,4-9H2,1-3H3/t10-,11-/m0/s1. The summed E-state index contributed by atoms with van der Waals surface area (Å²) in [4.78, 5) is 2.33. The maximum absolute atomic E-state index is 5.67. The van der Waals surface area contributed by atoms with Gasteiger partial charge in [-0.25, -0.2) is 0 Å². The summed E-state index contributed by atoms with van der Waals surface area (Å²) in [6, 6.07) is 0.621. The topological polar surface area (TPSA) is 24.5 Å². The molecule has 0 bridgehead atoms. The molecule has 3 heteroatoms. The predicted molar refractivity (Wildman–Crippen MR) is 59.6 cm³/mol. The van der Waals surface area contributed by atoms with Crippen LogP contribution in [0.2, 0.25) is 0 Å². The van der Waals surface area contributed by atoms with Gasteiger partial charge in [-0.15, -0.1) is 0 Å². The minimum Gasteiger partial charge on any atom is -0.374 e. The number of morpholine rings is 1. The van der Waals surface area contributed by atoms with Gasteiger partial charge < -0.3 is 15.0 Å². The smallest absolute Gasteiger partial charge is 0.0826 e. The maximum Gasteiger partial charge on any atom is 0.0826 e. The molecule has 0 unspecified atom stereocenters. The third kappa shape index (κ3) is 4.40. The number of nitrogens with zero attached hydrogens (tertiary/aromatic N) is 1. The van der Waals surface area contributed by atoms with Gasteiger partial charge in [-0.05, 0) is 20.4 Å². The highest BCUT2D eigenvalue weighted by Gasteiger charge is 2.17. The lowest BCUT2D eigenvalue weighted by atomic mass is 10.2. The van der Waals surface area contributed by atoms with Gasteiger partial charge in [-0.3, -0.25) is 0 Å². The van der Waals surface area contributed by atoms with Crippen molar-refractivity contribution in [3.8, 4) is 0 Å². The van der Waals surface area contributed by atoms with Crippen LogP contribution in [0.3, 0.4) is 0 Å². The van der Waals surface area contributed by atoms with Crippen molar-refractivity contribution < 1.29 is 4.74 Å². The van der Waals surface area contributed by atoms with Gasteiger partial charge in [0.15, 0.2) is 0 Å². The van der Waals surface area contributed by atoms with E-state index in [1.54, 1.807) is 0 Å². The van der Waals surface area contributed by atoms with Crippen molar-refractivity contribution in [1.82, 2.24) is 10.2 Å². The molecule has 1 N–H and O–H groups in total. The van der Waals surface area contributed by atoms with Crippen molar-refractivity contribution in [3.05, 3.63) is 0 Å². The maximum atomic E-state index is 5.67. The zero-order chi connectivity index (χ0) is 10.4. The minimum atomic E-state index is 0.382. The quantitative estimate of drug-likeness (QED) is 0.719. The Kier molecular flexibility index (Phi) is 5.45. The second-order valence-electron chi connectivity index (χ2n) is 4.35. The molecule has 14 heavy (non-hydrogen) atoms. The first-order valence-corrected chi connectivity index (χ1v) is 5.76. The first-order chi connectivity index (χ1) is 6.72. The summed E-state index contributed by atoms with van der Waals surface area (Å²) >= 11 is 0. The summed E-state index contributed by atoms with van der Waals surface area (Å²) in [6.07, 6.45) is 2.88. The van der Waals surface area contributed by atoms with Crippen LogP contribution < -0.4 is 5.32 Å². The van der Waals surface area contributed by atoms with Gasteiger partial charge in [0.1, 0.15) is 0 Å². The zero-order valence-corrected chi connectivity index (χ0v) is 9.75. The average molecular weight is 200 g/mol. The van der Waals surface area contributed by atoms with Gasteiger partial charge in [0.05, 0.1) is 12.7 Å². The molecule has 0 spiro atoms. The Labute approximate surface area is 87.8 Å². The Morgan fingerprint density at radius 3 is 3.00 bits per heavy atom. The van der Waals surface area contributed by atoms with Crippen molar-refractivity contribution in [2.45, 2.75) is 38.8 Å². The largest absolute Gasteiger partial charge is 0.374 e. The number of nitrogens with one attached hydrogen (secondary N) is 1. The van der Waals surface area contributed by atoms with Crippen LogP contribution >= 0.6 is 0 Å². The molecule has 0 radical (unpaired) electrons. The highest BCUT2D eigenvalue weighted by atomic mass is 16.5. The predicted octanol–water partition coefficient (Wildman–Crippen LogP) is 1.10. The van der Waals surface area contributed by atoms with Crippen molar-refractivity contribution in [1.29, 1.82) is 0 Å². The molecule has 1 aliphatic rings. The average Bonchev–Trinajstić information content (AvgIpc) is 2.15. The fraction of sp³-hybridized carbons (Fsp3) is 1.00. The second kappa shape index (κ2) is 6.38. The Bertz CT molecular complexity index is 152. The van der Waals surface area contributed by atoms with Crippen LogP contribution in [0.15, 0.2) is 0 Å². The van der Waals surface area contributed by atoms with E-state index in [1.165, 1.54) is 12.8 Å². The molecule has 2 atom stereocenters. The molecule has 0 aromatic heterocycles. The van der Waals surface area contributed by atoms with Crippen molar-refractivity contribution in [3.63, 3.8) is 0 Å². The lowest BCUT2D eigenvalue weighted by Gasteiger charge is -2.31. The molecule has 0 saturated carbocycles. The van der Waals surface area contributed by atoms with Crippen molar-refractivity contribution >= 4 is 0 Å². The lowest BCUT2D eigenvalue weighted by Crippen LogP contribution is -2.46. The Morgan fingerprint density at radius 1 is 1.57 bits per heavy atom. The molecule has 1 aliphatic heterocycles. The number of hydrogen-bond acceptors (Lipinski definition) is 3. The number of rotatable bonds is 5. The van der Waals surface area contributed by atoms with Crippen LogP contribution in [-0.4, -0.2) is 50.3 Å². The van der Waals surface area contributed by atoms with E-state index >= 15 is 0 Å². The van der Waals surface area contributed by atoms with Crippen LogP contribution in [0.1, 0.15) is 26.7 Å². The third-order valence-corrected chi connectivity index (χ3v) is 2.76. The lowest BCUT2D eigenvalue weighted by molar-refractivity contribution is -0.0191. The van der Waals surface area contributed by atoms with Crippen LogP contribution in [0.5, 0.6) is 0 Å². The molecular weight excluding hydrogens is 176 g/mol. The van der Waals surface area contributed by atoms with E-state index in [1.807, 2.05) is 0 Å². The fourth-order valence-corrected chi connectivity index (χ4v) is 1.86. The molecule has 84 valence electrons. The molecule has 0 aromatic rings. The summed E-state index contributed by atoms with van der Waals surface area (Å²) in [7, 11) is 2.16. The number of hydrogen-bond donors (Lipinski definition) is 1. The van der Waals surface area contributed by atoms with E-state index in [4.69, 9.17) is 4.74 Å². The molecule has 0 amide bonds. The van der Waals surface area contributed by atoms with E-state index in [0.717, 1.165) is 26.2 Å². The molecule has 1 heterocycles. The zero-order valence-electron chi connectivity index (χ0n) is 9.75. The summed E-state index contributed by atoms with van der Waals surface area (Å²) in [5.74, 6) is 0. The van der Waals surface area contributed by atoms with Gasteiger partial charge in [-0.2, -0.15) is 0 Å². The molecule has 0 aliphatic carbocycles. The van der Waals surface area contributed by atoms with Gasteiger partial charge >= 0.3 is 0 Å². The van der Waals surface area contributed by atoms with Crippen LogP contribution in [0.4, 0.5) is 0 Å². The highest BCUT2D eigenvalue weighted by molar-refractivity contribution is 4.72. The molecule has 3 nitrogen and oxygen atoms in total. The molecular formula is C11H24N2O. The minimum absolute atomic E-state index is 0.382. The van der Waals surface area contributed by atoms with Crippen LogP contribution in [-0.2, 0) is 4.74 Å². The van der Waals surface area contributed by atoms with E-state index in [9.17, 15) is 0 Å². The normalized spacial score (nSPS) is 26.4. The molecule has 0 aromatic carbocycles. The molecule has 1 fully saturated rings. The van der Waals surface area contributed by atoms with Crippen LogP contribution in [0.25, 0.3) is 0 Å². The van der Waals surface area contributed by atoms with Gasteiger partial charge in [-0.1, -0.05) is 13.3 Å². The van der Waals surface area contributed by atoms with E-state index in [0.29, 0.717) is 12.1 Å². The highest BCUT2D eigenvalue weighted by Crippen LogP contribution is 2.03. The Morgan fingerprint density at radius 2 is 2.36 bits per heavy atom. The summed E-state index contributed by atoms with van der Waals surface area (Å²) in [6.45, 7) is 8.47. The van der Waals surface area contributed by atoms with Crippen LogP contribution in [0, 0.1) is 0 Å². The summed E-state index contributed by atoms with van der Waals surface area (Å²) in [5, 5.41) is 3.52. The molecule has 1 rings (SSSR count). The van der Waals surface area contributed by atoms with E-state index in [-0.39, 0.29) is 0 Å². The van der Waals surface area contributed by atoms with Crippen molar-refractivity contribution in [2.24, 2.45) is 0 Å². The first-order valence-electron chi connectivity index (χ1n) is 5.76. The first kappa shape index (κ1) is 12.0. The second-order valence-corrected chi connectivity index (χ2v) is 4.35.